The molecule has 0 saturated heterocycles. The number of aromatic nitrogens is 1. The van der Waals surface area contributed by atoms with E-state index in [1.54, 1.807) is 20.0 Å². The van der Waals surface area contributed by atoms with Crippen LogP contribution in [0.2, 0.25) is 0 Å². The van der Waals surface area contributed by atoms with Gasteiger partial charge in [0.2, 0.25) is 0 Å². The van der Waals surface area contributed by atoms with Gasteiger partial charge in [-0.2, -0.15) is 13.4 Å². The number of benzene rings is 1. The van der Waals surface area contributed by atoms with E-state index < -0.39 is 16.3 Å². The molecule has 0 bridgehead atoms. The molecule has 0 aliphatic carbocycles. The zero-order valence-corrected chi connectivity index (χ0v) is 12.6. The zero-order valence-electron chi connectivity index (χ0n) is 11.8. The topological polar surface area (TPSA) is 150 Å². The van der Waals surface area contributed by atoms with Crippen molar-refractivity contribution in [2.24, 2.45) is 23.5 Å². The van der Waals surface area contributed by atoms with Gasteiger partial charge in [-0.05, 0) is 24.6 Å². The van der Waals surface area contributed by atoms with Crippen molar-refractivity contribution in [2.75, 3.05) is 0 Å². The largest absolute Gasteiger partial charge is 0.446 e. The van der Waals surface area contributed by atoms with E-state index in [0.717, 1.165) is 0 Å². The van der Waals surface area contributed by atoms with Gasteiger partial charge in [0, 0.05) is 18.5 Å². The zero-order chi connectivity index (χ0) is 16.7. The molecule has 10 heteroatoms. The Morgan fingerprint density at radius 3 is 2.50 bits per heavy atom. The minimum atomic E-state index is -4.63. The van der Waals surface area contributed by atoms with E-state index in [1.165, 1.54) is 16.7 Å². The number of aliphatic imine (C=N–C) groups is 1. The molecule has 9 nitrogen and oxygen atoms in total. The number of fused-ring (bicyclic) bond motifs is 1. The Labute approximate surface area is 126 Å². The Kier molecular flexibility index (Phi) is 3.81. The molecule has 1 heterocycles. The number of carbonyl (C=O) groups excluding carboxylic acids is 1. The lowest BCUT2D eigenvalue weighted by molar-refractivity contribution is 0.0995. The number of aryl methyl sites for hydroxylation is 2. The predicted octanol–water partition coefficient (Wildman–Crippen LogP) is 0.0819. The van der Waals surface area contributed by atoms with Crippen molar-refractivity contribution in [1.82, 2.24) is 4.57 Å². The summed E-state index contributed by atoms with van der Waals surface area (Å²) in [7, 11) is -3.04. The van der Waals surface area contributed by atoms with Crippen LogP contribution in [0.25, 0.3) is 10.9 Å². The second kappa shape index (κ2) is 5.31. The van der Waals surface area contributed by atoms with E-state index in [9.17, 15) is 13.2 Å². The van der Waals surface area contributed by atoms with Crippen LogP contribution >= 0.6 is 0 Å². The summed E-state index contributed by atoms with van der Waals surface area (Å²) >= 11 is 0. The first-order chi connectivity index (χ1) is 10.1. The lowest BCUT2D eigenvalue weighted by Crippen LogP contribution is -2.24. The molecule has 0 aliphatic heterocycles. The van der Waals surface area contributed by atoms with Crippen molar-refractivity contribution >= 4 is 33.2 Å². The summed E-state index contributed by atoms with van der Waals surface area (Å²) < 4.78 is 36.3. The standard InChI is InChI=1S/C12H14N4O5S/c1-6-3-7(21-22(18,19)20)4-9-8(6)5-10(16(9)2)11(17)15-12(13)14/h3-5H,1-2H3,(H,18,19,20)(H4,13,14,15,17). The van der Waals surface area contributed by atoms with Crippen molar-refractivity contribution in [3.63, 3.8) is 0 Å². The van der Waals surface area contributed by atoms with Gasteiger partial charge in [-0.25, -0.2) is 0 Å². The van der Waals surface area contributed by atoms with Gasteiger partial charge in [0.25, 0.3) is 5.91 Å². The molecule has 22 heavy (non-hydrogen) atoms. The number of carbonyl (C=O) groups is 1. The molecule has 0 radical (unpaired) electrons. The van der Waals surface area contributed by atoms with Crippen LogP contribution in [0.15, 0.2) is 23.2 Å². The van der Waals surface area contributed by atoms with E-state index in [1.807, 2.05) is 0 Å². The van der Waals surface area contributed by atoms with Crippen LogP contribution in [-0.2, 0) is 17.4 Å². The molecular formula is C12H14N4O5S. The van der Waals surface area contributed by atoms with E-state index in [4.69, 9.17) is 16.0 Å². The second-order valence-corrected chi connectivity index (χ2v) is 5.64. The highest BCUT2D eigenvalue weighted by Gasteiger charge is 2.17. The van der Waals surface area contributed by atoms with Crippen LogP contribution in [0.1, 0.15) is 16.1 Å². The van der Waals surface area contributed by atoms with Crippen LogP contribution in [-0.4, -0.2) is 29.4 Å². The molecule has 118 valence electrons. The van der Waals surface area contributed by atoms with Crippen molar-refractivity contribution in [3.8, 4) is 5.75 Å². The normalized spacial score (nSPS) is 11.4. The van der Waals surface area contributed by atoms with Gasteiger partial charge in [-0.1, -0.05) is 0 Å². The molecule has 2 rings (SSSR count). The highest BCUT2D eigenvalue weighted by Crippen LogP contribution is 2.28. The van der Waals surface area contributed by atoms with Crippen molar-refractivity contribution in [1.29, 1.82) is 0 Å². The highest BCUT2D eigenvalue weighted by atomic mass is 32.3. The SMILES string of the molecule is Cc1cc(OS(=O)(=O)O)cc2c1cc(C(=O)N=C(N)N)n2C. The summed E-state index contributed by atoms with van der Waals surface area (Å²) in [6.45, 7) is 1.70. The molecule has 1 aromatic carbocycles. The Morgan fingerprint density at radius 2 is 1.95 bits per heavy atom. The Balaban J connectivity index is 2.62. The molecule has 1 aromatic heterocycles. The Morgan fingerprint density at radius 1 is 1.32 bits per heavy atom. The molecular weight excluding hydrogens is 312 g/mol. The van der Waals surface area contributed by atoms with Crippen LogP contribution < -0.4 is 15.7 Å². The molecule has 5 N–H and O–H groups in total. The fourth-order valence-electron chi connectivity index (χ4n) is 2.13. The molecule has 0 fully saturated rings. The lowest BCUT2D eigenvalue weighted by atomic mass is 10.1. The smallest absolute Gasteiger partial charge is 0.370 e. The van der Waals surface area contributed by atoms with Crippen LogP contribution in [0.4, 0.5) is 0 Å². The number of hydrogen-bond donors (Lipinski definition) is 3. The van der Waals surface area contributed by atoms with E-state index >= 15 is 0 Å². The predicted molar refractivity (Wildman–Crippen MR) is 80.0 cm³/mol. The lowest BCUT2D eigenvalue weighted by Gasteiger charge is -2.06. The third-order valence-electron chi connectivity index (χ3n) is 2.99. The first-order valence-electron chi connectivity index (χ1n) is 5.99. The van der Waals surface area contributed by atoms with Crippen LogP contribution in [0, 0.1) is 6.92 Å². The average molecular weight is 326 g/mol. The number of guanidine groups is 1. The Bertz CT molecular complexity index is 894. The van der Waals surface area contributed by atoms with Crippen molar-refractivity contribution in [2.45, 2.75) is 6.92 Å². The van der Waals surface area contributed by atoms with Gasteiger partial charge in [0.1, 0.15) is 11.4 Å². The van der Waals surface area contributed by atoms with Gasteiger partial charge < -0.3 is 20.2 Å². The molecule has 0 spiro atoms. The molecule has 0 saturated carbocycles. The van der Waals surface area contributed by atoms with E-state index in [2.05, 4.69) is 9.18 Å². The summed E-state index contributed by atoms with van der Waals surface area (Å²) in [5.74, 6) is -1.06. The van der Waals surface area contributed by atoms with Gasteiger partial charge in [0.05, 0.1) is 5.52 Å². The third kappa shape index (κ3) is 3.18. The first-order valence-corrected chi connectivity index (χ1v) is 7.36. The third-order valence-corrected chi connectivity index (χ3v) is 3.40. The van der Waals surface area contributed by atoms with Crippen molar-refractivity contribution in [3.05, 3.63) is 29.5 Å². The number of nitrogens with zero attached hydrogens (tertiary/aromatic N) is 2. The van der Waals surface area contributed by atoms with Gasteiger partial charge >= 0.3 is 10.4 Å². The highest BCUT2D eigenvalue weighted by molar-refractivity contribution is 7.81. The summed E-state index contributed by atoms with van der Waals surface area (Å²) in [5.41, 5.74) is 11.8. The number of hydrogen-bond acceptors (Lipinski definition) is 4. The number of rotatable bonds is 3. The van der Waals surface area contributed by atoms with E-state index in [-0.39, 0.29) is 17.4 Å². The quantitative estimate of drug-likeness (QED) is 0.410. The maximum Gasteiger partial charge on any atom is 0.446 e. The average Bonchev–Trinajstić information content (AvgIpc) is 2.65. The minimum Gasteiger partial charge on any atom is -0.370 e. The molecule has 0 atom stereocenters. The van der Waals surface area contributed by atoms with Gasteiger partial charge in [-0.15, -0.1) is 0 Å². The summed E-state index contributed by atoms with van der Waals surface area (Å²) in [6.07, 6.45) is 0. The fourth-order valence-corrected chi connectivity index (χ4v) is 2.46. The Hall–Kier alpha value is -2.59. The first kappa shape index (κ1) is 15.8. The summed E-state index contributed by atoms with van der Waals surface area (Å²) in [5, 5.41) is 0.694. The maximum absolute atomic E-state index is 11.9. The monoisotopic (exact) mass is 326 g/mol. The molecule has 2 aromatic rings. The number of nitrogens with two attached hydrogens (primary N) is 2. The second-order valence-electron chi connectivity index (χ2n) is 4.61. The van der Waals surface area contributed by atoms with Crippen LogP contribution in [0.5, 0.6) is 5.75 Å². The van der Waals surface area contributed by atoms with Crippen molar-refractivity contribution < 1.29 is 21.9 Å². The van der Waals surface area contributed by atoms with Crippen LogP contribution in [0.3, 0.4) is 0 Å². The number of amides is 1. The minimum absolute atomic E-state index is 0.0745. The maximum atomic E-state index is 11.9. The molecule has 0 aliphatic rings. The summed E-state index contributed by atoms with van der Waals surface area (Å²) in [6, 6.07) is 4.38. The fraction of sp³-hybridized carbons (Fsp3) is 0.167. The van der Waals surface area contributed by atoms with E-state index in [0.29, 0.717) is 16.5 Å². The molecule has 0 unspecified atom stereocenters. The van der Waals surface area contributed by atoms with Gasteiger partial charge in [0.15, 0.2) is 5.96 Å². The molecule has 1 amide bonds. The summed E-state index contributed by atoms with van der Waals surface area (Å²) in [4.78, 5) is 15.4. The van der Waals surface area contributed by atoms with Gasteiger partial charge in [-0.3, -0.25) is 9.35 Å².